The number of rotatable bonds is 6. The number of aliphatic imine (C=N–C) groups is 1. The predicted molar refractivity (Wildman–Crippen MR) is 111 cm³/mol. The fourth-order valence-corrected chi connectivity index (χ4v) is 3.17. The van der Waals surface area contributed by atoms with Crippen LogP contribution >= 0.6 is 11.6 Å². The molecule has 0 bridgehead atoms. The Morgan fingerprint density at radius 2 is 1.89 bits per heavy atom. The number of nitrogens with one attached hydrogen (secondary N) is 1. The highest BCUT2D eigenvalue weighted by Crippen LogP contribution is 2.34. The van der Waals surface area contributed by atoms with Crippen LogP contribution in [0.3, 0.4) is 0 Å². The fraction of sp³-hybridized carbons (Fsp3) is 0.273. The van der Waals surface area contributed by atoms with Gasteiger partial charge in [0.15, 0.2) is 5.66 Å². The number of carbonyl (C=O) groups excluding carboxylic acids is 1. The van der Waals surface area contributed by atoms with Gasteiger partial charge in [0.2, 0.25) is 0 Å². The average Bonchev–Trinajstić information content (AvgIpc) is 2.68. The molecular formula is C22H23ClN2O3. The molecular weight excluding hydrogens is 376 g/mol. The topological polar surface area (TPSA) is 59.9 Å². The summed E-state index contributed by atoms with van der Waals surface area (Å²) in [7, 11) is 0. The molecule has 0 spiro atoms. The van der Waals surface area contributed by atoms with Crippen molar-refractivity contribution in [3.63, 3.8) is 0 Å². The number of carbonyl (C=O) groups is 1. The molecule has 5 nitrogen and oxygen atoms in total. The Bertz CT molecular complexity index is 922. The molecule has 1 aliphatic heterocycles. The maximum atomic E-state index is 12.1. The van der Waals surface area contributed by atoms with Crippen molar-refractivity contribution in [2.24, 2.45) is 4.99 Å². The SMILES string of the molecule is CCOC(=O)C1=C(C)NC(C)(c2ccccc2OCc2ccc(Cl)cc2)N=C1. The Balaban J connectivity index is 1.81. The van der Waals surface area contributed by atoms with Crippen LogP contribution in [0.2, 0.25) is 5.02 Å². The van der Waals surface area contributed by atoms with Crippen LogP contribution in [0, 0.1) is 0 Å². The summed E-state index contributed by atoms with van der Waals surface area (Å²) in [6, 6.07) is 15.3. The molecule has 0 radical (unpaired) electrons. The molecule has 0 amide bonds. The average molecular weight is 399 g/mol. The Morgan fingerprint density at radius 1 is 1.18 bits per heavy atom. The third-order valence-corrected chi connectivity index (χ3v) is 4.75. The van der Waals surface area contributed by atoms with E-state index in [9.17, 15) is 4.79 Å². The van der Waals surface area contributed by atoms with Gasteiger partial charge in [-0.3, -0.25) is 4.99 Å². The zero-order chi connectivity index (χ0) is 20.1. The molecule has 0 aliphatic carbocycles. The number of hydrogen-bond acceptors (Lipinski definition) is 5. The number of ether oxygens (including phenoxy) is 2. The number of esters is 1. The molecule has 0 aromatic heterocycles. The largest absolute Gasteiger partial charge is 0.488 e. The Labute approximate surface area is 170 Å². The quantitative estimate of drug-likeness (QED) is 0.722. The number of nitrogens with zero attached hydrogens (tertiary/aromatic N) is 1. The van der Waals surface area contributed by atoms with Gasteiger partial charge in [0.1, 0.15) is 12.4 Å². The highest BCUT2D eigenvalue weighted by Gasteiger charge is 2.33. The van der Waals surface area contributed by atoms with E-state index >= 15 is 0 Å². The van der Waals surface area contributed by atoms with Crippen LogP contribution in [-0.4, -0.2) is 18.8 Å². The first-order chi connectivity index (χ1) is 13.4. The summed E-state index contributed by atoms with van der Waals surface area (Å²) in [5.41, 5.74) is 2.28. The minimum atomic E-state index is -0.753. The predicted octanol–water partition coefficient (Wildman–Crippen LogP) is 4.60. The van der Waals surface area contributed by atoms with Gasteiger partial charge in [-0.15, -0.1) is 0 Å². The molecule has 2 aromatic rings. The summed E-state index contributed by atoms with van der Waals surface area (Å²) in [5.74, 6) is 0.336. The van der Waals surface area contributed by atoms with Crippen LogP contribution < -0.4 is 10.1 Å². The maximum absolute atomic E-state index is 12.1. The van der Waals surface area contributed by atoms with E-state index in [0.717, 1.165) is 16.9 Å². The van der Waals surface area contributed by atoms with Crippen molar-refractivity contribution in [3.8, 4) is 5.75 Å². The molecule has 0 saturated carbocycles. The lowest BCUT2D eigenvalue weighted by Gasteiger charge is -2.33. The van der Waals surface area contributed by atoms with E-state index in [1.165, 1.54) is 0 Å². The van der Waals surface area contributed by atoms with Crippen molar-refractivity contribution in [2.45, 2.75) is 33.0 Å². The molecule has 1 unspecified atom stereocenters. The summed E-state index contributed by atoms with van der Waals surface area (Å²) in [5, 5.41) is 4.02. The highest BCUT2D eigenvalue weighted by atomic mass is 35.5. The van der Waals surface area contributed by atoms with Crippen molar-refractivity contribution in [1.29, 1.82) is 0 Å². The second-order valence-corrected chi connectivity index (χ2v) is 7.06. The van der Waals surface area contributed by atoms with Crippen molar-refractivity contribution < 1.29 is 14.3 Å². The second-order valence-electron chi connectivity index (χ2n) is 6.63. The van der Waals surface area contributed by atoms with Gasteiger partial charge >= 0.3 is 5.97 Å². The lowest BCUT2D eigenvalue weighted by Crippen LogP contribution is -2.41. The highest BCUT2D eigenvalue weighted by molar-refractivity contribution is 6.30. The summed E-state index contributed by atoms with van der Waals surface area (Å²) < 4.78 is 11.1. The van der Waals surface area contributed by atoms with Gasteiger partial charge in [0.05, 0.1) is 12.2 Å². The molecule has 1 atom stereocenters. The van der Waals surface area contributed by atoms with E-state index in [-0.39, 0.29) is 5.97 Å². The van der Waals surface area contributed by atoms with E-state index in [4.69, 9.17) is 21.1 Å². The van der Waals surface area contributed by atoms with E-state index in [2.05, 4.69) is 10.3 Å². The number of benzene rings is 2. The van der Waals surface area contributed by atoms with E-state index < -0.39 is 5.66 Å². The summed E-state index contributed by atoms with van der Waals surface area (Å²) in [4.78, 5) is 16.7. The van der Waals surface area contributed by atoms with Crippen molar-refractivity contribution >= 4 is 23.8 Å². The van der Waals surface area contributed by atoms with E-state index in [1.807, 2.05) is 62.4 Å². The molecule has 0 fully saturated rings. The molecule has 6 heteroatoms. The monoisotopic (exact) mass is 398 g/mol. The molecule has 146 valence electrons. The molecule has 1 heterocycles. The van der Waals surface area contributed by atoms with Gasteiger partial charge in [-0.25, -0.2) is 4.79 Å². The maximum Gasteiger partial charge on any atom is 0.341 e. The first-order valence-corrected chi connectivity index (χ1v) is 9.49. The van der Waals surface area contributed by atoms with Crippen LogP contribution in [0.4, 0.5) is 0 Å². The minimum Gasteiger partial charge on any atom is -0.488 e. The zero-order valence-electron chi connectivity index (χ0n) is 16.2. The zero-order valence-corrected chi connectivity index (χ0v) is 16.9. The first-order valence-electron chi connectivity index (χ1n) is 9.11. The molecule has 0 saturated heterocycles. The Morgan fingerprint density at radius 3 is 2.57 bits per heavy atom. The van der Waals surface area contributed by atoms with Gasteiger partial charge in [0.25, 0.3) is 0 Å². The number of allylic oxidation sites excluding steroid dienone is 1. The summed E-state index contributed by atoms with van der Waals surface area (Å²) in [6.45, 7) is 6.30. The molecule has 2 aromatic carbocycles. The molecule has 1 N–H and O–H groups in total. The normalized spacial score (nSPS) is 18.6. The molecule has 1 aliphatic rings. The Kier molecular flexibility index (Phi) is 6.05. The van der Waals surface area contributed by atoms with Crippen LogP contribution in [-0.2, 0) is 21.8 Å². The van der Waals surface area contributed by atoms with Crippen LogP contribution in [0.15, 0.2) is 64.8 Å². The van der Waals surface area contributed by atoms with Crippen molar-refractivity contribution in [1.82, 2.24) is 5.32 Å². The van der Waals surface area contributed by atoms with Gasteiger partial charge in [-0.2, -0.15) is 0 Å². The van der Waals surface area contributed by atoms with Gasteiger partial charge in [-0.05, 0) is 44.5 Å². The minimum absolute atomic E-state index is 0.322. The first kappa shape index (κ1) is 20.0. The van der Waals surface area contributed by atoms with E-state index in [0.29, 0.717) is 29.5 Å². The van der Waals surface area contributed by atoms with Crippen LogP contribution in [0.25, 0.3) is 0 Å². The summed E-state index contributed by atoms with van der Waals surface area (Å²) in [6.07, 6.45) is 1.57. The third-order valence-electron chi connectivity index (χ3n) is 4.50. The standard InChI is InChI=1S/C22H23ClN2O3/c1-4-27-21(26)18-13-24-22(3,25-15(18)2)19-7-5-6-8-20(19)28-14-16-9-11-17(23)12-10-16/h5-13,25H,4,14H2,1-3H3. The van der Waals surface area contributed by atoms with Crippen molar-refractivity contribution in [2.75, 3.05) is 6.61 Å². The van der Waals surface area contributed by atoms with Gasteiger partial charge < -0.3 is 14.8 Å². The third kappa shape index (κ3) is 4.37. The molecule has 28 heavy (non-hydrogen) atoms. The number of para-hydroxylation sites is 1. The number of hydrogen-bond donors (Lipinski definition) is 1. The Hall–Kier alpha value is -2.79. The second kappa shape index (κ2) is 8.48. The lowest BCUT2D eigenvalue weighted by molar-refractivity contribution is -0.137. The van der Waals surface area contributed by atoms with E-state index in [1.54, 1.807) is 13.1 Å². The van der Waals surface area contributed by atoms with Crippen LogP contribution in [0.5, 0.6) is 5.75 Å². The molecule has 3 rings (SSSR count). The smallest absolute Gasteiger partial charge is 0.341 e. The van der Waals surface area contributed by atoms with Gasteiger partial charge in [0, 0.05) is 22.5 Å². The van der Waals surface area contributed by atoms with Crippen molar-refractivity contribution in [3.05, 3.63) is 76.0 Å². The lowest BCUT2D eigenvalue weighted by atomic mass is 9.98. The number of halogens is 1. The summed E-state index contributed by atoms with van der Waals surface area (Å²) >= 11 is 5.94. The fourth-order valence-electron chi connectivity index (χ4n) is 3.04. The van der Waals surface area contributed by atoms with Crippen LogP contribution in [0.1, 0.15) is 31.9 Å². The van der Waals surface area contributed by atoms with Gasteiger partial charge in [-0.1, -0.05) is 41.9 Å².